The molecule has 1 aromatic carbocycles. The van der Waals surface area contributed by atoms with Crippen molar-refractivity contribution in [1.29, 1.82) is 0 Å². The molecule has 0 radical (unpaired) electrons. The molecule has 20 heavy (non-hydrogen) atoms. The number of carbonyl (C=O) groups is 2. The number of amides is 1. The van der Waals surface area contributed by atoms with E-state index < -0.39 is 18.2 Å². The molecule has 0 saturated heterocycles. The molecule has 1 aromatic rings. The molecule has 0 aromatic heterocycles. The van der Waals surface area contributed by atoms with Gasteiger partial charge in [0, 0.05) is 6.54 Å². The number of carbonyl (C=O) groups excluding carboxylic acids is 1. The van der Waals surface area contributed by atoms with E-state index in [-0.39, 0.29) is 11.1 Å². The fraction of sp³-hybridized carbons (Fsp3) is 0.286. The van der Waals surface area contributed by atoms with Crippen LogP contribution in [-0.4, -0.2) is 29.8 Å². The first-order valence-electron chi connectivity index (χ1n) is 6.44. The monoisotopic (exact) mass is 275 g/mol. The highest BCUT2D eigenvalue weighted by Crippen LogP contribution is 2.16. The first kappa shape index (κ1) is 14.1. The highest BCUT2D eigenvalue weighted by Gasteiger charge is 2.21. The number of aromatic carboxylic acids is 1. The Morgan fingerprint density at radius 3 is 2.85 bits per heavy atom. The van der Waals surface area contributed by atoms with Gasteiger partial charge in [0.25, 0.3) is 5.91 Å². The van der Waals surface area contributed by atoms with E-state index in [0.717, 1.165) is 0 Å². The lowest BCUT2D eigenvalue weighted by molar-refractivity contribution is 0.0689. The second-order valence-corrected chi connectivity index (χ2v) is 4.38. The molecule has 1 amide bonds. The van der Waals surface area contributed by atoms with Crippen LogP contribution in [0.15, 0.2) is 30.5 Å². The molecule has 0 aliphatic carbocycles. The molecule has 0 bridgehead atoms. The average Bonchev–Trinajstić information content (AvgIpc) is 2.47. The Bertz CT molecular complexity index is 555. The Kier molecular flexibility index (Phi) is 4.37. The Hall–Kier alpha value is -2.34. The summed E-state index contributed by atoms with van der Waals surface area (Å²) in [5, 5.41) is 17.9. The number of aryl methyl sites for hydroxylation is 1. The van der Waals surface area contributed by atoms with Crippen molar-refractivity contribution in [2.45, 2.75) is 19.6 Å². The van der Waals surface area contributed by atoms with Gasteiger partial charge in [-0.2, -0.15) is 0 Å². The van der Waals surface area contributed by atoms with Crippen molar-refractivity contribution in [3.05, 3.63) is 47.2 Å². The standard InChI is InChI=1S/C14H17N3O3/c1-2-9-5-3-6-10(13(19)20)11(9)12(18)17-14-15-7-4-8-16-14/h3-7,14-16H,2,8H2,1H3,(H,17,18)(H,19,20). The second kappa shape index (κ2) is 6.21. The van der Waals surface area contributed by atoms with E-state index in [1.165, 1.54) is 6.07 Å². The molecule has 2 rings (SSSR count). The number of nitrogens with one attached hydrogen (secondary N) is 3. The number of benzene rings is 1. The number of carboxylic acid groups (broad SMARTS) is 1. The van der Waals surface area contributed by atoms with Crippen LogP contribution in [0.3, 0.4) is 0 Å². The Balaban J connectivity index is 2.27. The summed E-state index contributed by atoms with van der Waals surface area (Å²) in [6.45, 7) is 2.52. The van der Waals surface area contributed by atoms with Crippen LogP contribution < -0.4 is 16.0 Å². The average molecular weight is 275 g/mol. The SMILES string of the molecule is CCc1cccc(C(=O)O)c1C(=O)NC1NC=CCN1. The smallest absolute Gasteiger partial charge is 0.336 e. The van der Waals surface area contributed by atoms with Gasteiger partial charge in [0.1, 0.15) is 0 Å². The van der Waals surface area contributed by atoms with Gasteiger partial charge in [-0.3, -0.25) is 10.1 Å². The molecule has 1 aliphatic heterocycles. The van der Waals surface area contributed by atoms with Crippen LogP contribution in [0.2, 0.25) is 0 Å². The van der Waals surface area contributed by atoms with Gasteiger partial charge in [0.15, 0.2) is 6.29 Å². The normalized spacial score (nSPS) is 17.4. The van der Waals surface area contributed by atoms with Gasteiger partial charge < -0.3 is 15.7 Å². The molecule has 106 valence electrons. The predicted molar refractivity (Wildman–Crippen MR) is 74.3 cm³/mol. The third kappa shape index (κ3) is 2.97. The maximum atomic E-state index is 12.3. The van der Waals surface area contributed by atoms with Crippen molar-refractivity contribution in [1.82, 2.24) is 16.0 Å². The quantitative estimate of drug-likeness (QED) is 0.648. The molecule has 4 N–H and O–H groups in total. The molecule has 1 atom stereocenters. The second-order valence-electron chi connectivity index (χ2n) is 4.38. The largest absolute Gasteiger partial charge is 0.478 e. The van der Waals surface area contributed by atoms with Crippen molar-refractivity contribution < 1.29 is 14.7 Å². The van der Waals surface area contributed by atoms with Gasteiger partial charge >= 0.3 is 5.97 Å². The van der Waals surface area contributed by atoms with Crippen LogP contribution in [0.4, 0.5) is 0 Å². The maximum Gasteiger partial charge on any atom is 0.336 e. The zero-order chi connectivity index (χ0) is 14.5. The van der Waals surface area contributed by atoms with Crippen LogP contribution in [0.25, 0.3) is 0 Å². The first-order valence-corrected chi connectivity index (χ1v) is 6.44. The summed E-state index contributed by atoms with van der Waals surface area (Å²) in [6.07, 6.45) is 3.81. The maximum absolute atomic E-state index is 12.3. The van der Waals surface area contributed by atoms with Crippen LogP contribution in [0, 0.1) is 0 Å². The summed E-state index contributed by atoms with van der Waals surface area (Å²) in [5.41, 5.74) is 0.961. The molecule has 1 heterocycles. The summed E-state index contributed by atoms with van der Waals surface area (Å²) in [7, 11) is 0. The first-order chi connectivity index (χ1) is 9.63. The molecule has 0 spiro atoms. The van der Waals surface area contributed by atoms with Crippen LogP contribution >= 0.6 is 0 Å². The highest BCUT2D eigenvalue weighted by atomic mass is 16.4. The van der Waals surface area contributed by atoms with Gasteiger partial charge in [0.05, 0.1) is 11.1 Å². The summed E-state index contributed by atoms with van der Waals surface area (Å²) in [6, 6.07) is 4.86. The fourth-order valence-electron chi connectivity index (χ4n) is 2.11. The Labute approximate surface area is 116 Å². The number of carboxylic acids is 1. The zero-order valence-electron chi connectivity index (χ0n) is 11.1. The van der Waals surface area contributed by atoms with Crippen molar-refractivity contribution in [2.24, 2.45) is 0 Å². The van der Waals surface area contributed by atoms with E-state index in [0.29, 0.717) is 18.5 Å². The fourth-order valence-corrected chi connectivity index (χ4v) is 2.11. The van der Waals surface area contributed by atoms with Gasteiger partial charge in [0.2, 0.25) is 0 Å². The van der Waals surface area contributed by atoms with Crippen LogP contribution in [-0.2, 0) is 6.42 Å². The van der Waals surface area contributed by atoms with Gasteiger partial charge in [-0.25, -0.2) is 4.79 Å². The van der Waals surface area contributed by atoms with E-state index >= 15 is 0 Å². The lowest BCUT2D eigenvalue weighted by Gasteiger charge is -2.23. The number of rotatable bonds is 4. The molecule has 0 fully saturated rings. The number of hydrogen-bond acceptors (Lipinski definition) is 4. The van der Waals surface area contributed by atoms with E-state index in [1.807, 2.05) is 13.0 Å². The molecule has 6 nitrogen and oxygen atoms in total. The Morgan fingerprint density at radius 2 is 2.25 bits per heavy atom. The Morgan fingerprint density at radius 1 is 1.45 bits per heavy atom. The predicted octanol–water partition coefficient (Wildman–Crippen LogP) is 0.667. The number of hydrogen-bond donors (Lipinski definition) is 4. The lowest BCUT2D eigenvalue weighted by Crippen LogP contribution is -2.55. The van der Waals surface area contributed by atoms with E-state index in [2.05, 4.69) is 16.0 Å². The molecular formula is C14H17N3O3. The molecule has 1 unspecified atom stereocenters. The van der Waals surface area contributed by atoms with Gasteiger partial charge in [-0.1, -0.05) is 25.1 Å². The van der Waals surface area contributed by atoms with E-state index in [1.54, 1.807) is 18.3 Å². The van der Waals surface area contributed by atoms with Crippen molar-refractivity contribution in [2.75, 3.05) is 6.54 Å². The topological polar surface area (TPSA) is 90.5 Å². The summed E-state index contributed by atoms with van der Waals surface area (Å²) in [4.78, 5) is 23.6. The third-order valence-electron chi connectivity index (χ3n) is 3.09. The minimum absolute atomic E-state index is 0.0215. The van der Waals surface area contributed by atoms with Crippen molar-refractivity contribution in [3.8, 4) is 0 Å². The van der Waals surface area contributed by atoms with E-state index in [9.17, 15) is 14.7 Å². The molecule has 6 heteroatoms. The molecule has 1 aliphatic rings. The minimum Gasteiger partial charge on any atom is -0.478 e. The van der Waals surface area contributed by atoms with Crippen molar-refractivity contribution in [3.63, 3.8) is 0 Å². The molecule has 0 saturated carbocycles. The summed E-state index contributed by atoms with van der Waals surface area (Å²) >= 11 is 0. The van der Waals surface area contributed by atoms with Crippen molar-refractivity contribution >= 4 is 11.9 Å². The molecular weight excluding hydrogens is 258 g/mol. The van der Waals surface area contributed by atoms with Crippen LogP contribution in [0.5, 0.6) is 0 Å². The summed E-state index contributed by atoms with van der Waals surface area (Å²) < 4.78 is 0. The van der Waals surface area contributed by atoms with E-state index in [4.69, 9.17) is 0 Å². The lowest BCUT2D eigenvalue weighted by atomic mass is 9.98. The zero-order valence-corrected chi connectivity index (χ0v) is 11.1. The third-order valence-corrected chi connectivity index (χ3v) is 3.09. The summed E-state index contributed by atoms with van der Waals surface area (Å²) in [5.74, 6) is -1.50. The highest BCUT2D eigenvalue weighted by molar-refractivity contribution is 6.06. The van der Waals surface area contributed by atoms with Gasteiger partial charge in [-0.05, 0) is 24.3 Å². The minimum atomic E-state index is -1.10. The van der Waals surface area contributed by atoms with Gasteiger partial charge in [-0.15, -0.1) is 0 Å². The van der Waals surface area contributed by atoms with Crippen LogP contribution in [0.1, 0.15) is 33.2 Å².